The van der Waals surface area contributed by atoms with Gasteiger partial charge in [0.05, 0.1) is 13.1 Å². The van der Waals surface area contributed by atoms with Gasteiger partial charge in [-0.3, -0.25) is 0 Å². The average molecular weight is 1170 g/mol. The summed E-state index contributed by atoms with van der Waals surface area (Å²) in [4.78, 5) is 7.85. The van der Waals surface area contributed by atoms with Gasteiger partial charge in [0.2, 0.25) is 0 Å². The summed E-state index contributed by atoms with van der Waals surface area (Å²) in [5.41, 5.74) is 28.6. The third-order valence-corrected chi connectivity index (χ3v) is 15.7. The molecular weight excluding hydrogens is 1120 g/mol. The largest absolute Gasteiger partial charge is 0.468 e. The summed E-state index contributed by atoms with van der Waals surface area (Å²) >= 11 is 0. The van der Waals surface area contributed by atoms with Gasteiger partial charge in [0.15, 0.2) is 23.0 Å². The van der Waals surface area contributed by atoms with E-state index in [0.717, 1.165) is 22.3 Å². The van der Waals surface area contributed by atoms with Crippen molar-refractivity contribution in [3.63, 3.8) is 0 Å². The number of benzene rings is 10. The molecule has 16 heteroatoms. The van der Waals surface area contributed by atoms with Gasteiger partial charge in [0.1, 0.15) is 92.3 Å². The van der Waals surface area contributed by atoms with Gasteiger partial charge in [-0.15, -0.1) is 0 Å². The van der Waals surface area contributed by atoms with Crippen LogP contribution in [-0.4, -0.2) is 0 Å². The fourth-order valence-electron chi connectivity index (χ4n) is 12.1. The van der Waals surface area contributed by atoms with Crippen LogP contribution in [0, 0.1) is 35.8 Å². The Bertz CT molecular complexity index is 4370. The Morgan fingerprint density at radius 2 is 0.584 bits per heavy atom. The molecule has 10 aromatic rings. The van der Waals surface area contributed by atoms with Gasteiger partial charge >= 0.3 is 0 Å². The number of nitrogens with zero attached hydrogens (tertiary/aromatic N) is 4. The molecule has 10 aromatic carbocycles. The van der Waals surface area contributed by atoms with Crippen LogP contribution >= 0.6 is 0 Å². The van der Waals surface area contributed by atoms with E-state index < -0.39 is 16.2 Å². The van der Waals surface area contributed by atoms with Crippen LogP contribution in [0.1, 0.15) is 73.9 Å². The number of fused-ring (bicyclic) bond motifs is 4. The Morgan fingerprint density at radius 1 is 0.337 bits per heavy atom. The van der Waals surface area contributed by atoms with Crippen molar-refractivity contribution in [2.45, 2.75) is 56.8 Å². The lowest BCUT2D eigenvalue weighted by Crippen LogP contribution is -2.27. The van der Waals surface area contributed by atoms with Crippen LogP contribution in [0.25, 0.3) is 9.69 Å². The van der Waals surface area contributed by atoms with Crippen molar-refractivity contribution in [2.75, 3.05) is 22.9 Å². The third-order valence-electron chi connectivity index (χ3n) is 15.7. The second-order valence-electron chi connectivity index (χ2n) is 22.9. The summed E-state index contributed by atoms with van der Waals surface area (Å²) in [5, 5.41) is 21.7. The highest BCUT2D eigenvalue weighted by Gasteiger charge is 2.57. The fraction of sp³-hybridized carbons (Fsp3) is 0.123. The zero-order chi connectivity index (χ0) is 62.2. The van der Waals surface area contributed by atoms with Crippen molar-refractivity contribution in [1.29, 1.82) is 10.5 Å². The predicted octanol–water partition coefficient (Wildman–Crippen LogP) is 18.8. The van der Waals surface area contributed by atoms with E-state index in [1.54, 1.807) is 170 Å². The minimum atomic E-state index is -0.780. The van der Waals surface area contributed by atoms with Crippen molar-refractivity contribution in [1.82, 2.24) is 0 Å². The first-order chi connectivity index (χ1) is 42.9. The zero-order valence-electron chi connectivity index (χ0n) is 48.8. The molecule has 0 amide bonds. The molecule has 0 aromatic heterocycles. The molecule has 2 aliphatic carbocycles. The molecule has 12 rings (SSSR count). The number of nitriles is 2. The second-order valence-corrected chi connectivity index (χ2v) is 22.9. The maximum atomic E-state index is 10.9. The van der Waals surface area contributed by atoms with E-state index in [2.05, 4.69) is 49.5 Å². The van der Waals surface area contributed by atoms with E-state index in [1.165, 1.54) is 0 Å². The number of para-hydroxylation sites is 2. The first kappa shape index (κ1) is 57.2. The lowest BCUT2D eigenvalue weighted by molar-refractivity contribution is 0.349. The molecule has 16 nitrogen and oxygen atoms in total. The number of nitrogen functional groups attached to an aromatic ring is 4. The number of ether oxygens (including phenoxy) is 8. The van der Waals surface area contributed by atoms with Gasteiger partial charge < -0.3 is 60.8 Å². The van der Waals surface area contributed by atoms with Crippen molar-refractivity contribution in [3.05, 3.63) is 250 Å². The molecule has 2 aliphatic rings. The van der Waals surface area contributed by atoms with Crippen molar-refractivity contribution in [2.24, 2.45) is 0 Å². The van der Waals surface area contributed by atoms with Gasteiger partial charge in [-0.25, -0.2) is 9.69 Å². The van der Waals surface area contributed by atoms with Crippen LogP contribution in [0.3, 0.4) is 0 Å². The Labute approximate surface area is 514 Å². The number of nitrogens with two attached hydrogens (primary N) is 4. The van der Waals surface area contributed by atoms with Crippen molar-refractivity contribution >= 4 is 34.1 Å². The highest BCUT2D eigenvalue weighted by Crippen LogP contribution is 2.66. The number of anilines is 4. The molecule has 0 heterocycles. The maximum Gasteiger partial charge on any atom is 0.270 e. The Morgan fingerprint density at radius 3 is 0.876 bits per heavy atom. The number of hydrogen-bond acceptors (Lipinski definition) is 14. The minimum Gasteiger partial charge on any atom is -0.468 e. The summed E-state index contributed by atoms with van der Waals surface area (Å²) in [6.45, 7) is 25.6. The smallest absolute Gasteiger partial charge is 0.270 e. The van der Waals surface area contributed by atoms with Gasteiger partial charge in [-0.05, 0) is 167 Å². The lowest BCUT2D eigenvalue weighted by atomic mass is 9.72. The van der Waals surface area contributed by atoms with Gasteiger partial charge in [-0.1, -0.05) is 76.2 Å². The topological polar surface area (TPSA) is 234 Å². The van der Waals surface area contributed by atoms with E-state index in [-0.39, 0.29) is 91.5 Å². The lowest BCUT2D eigenvalue weighted by Gasteiger charge is -2.31. The average Bonchev–Trinajstić information content (AvgIpc) is 1.53. The summed E-state index contributed by atoms with van der Waals surface area (Å²) < 4.78 is 52.9. The molecule has 1 atom stereocenters. The molecule has 1 spiro atoms. The molecule has 0 radical (unpaired) electrons. The predicted molar refractivity (Wildman–Crippen MR) is 341 cm³/mol. The summed E-state index contributed by atoms with van der Waals surface area (Å²) in [6, 6.07) is 60.4. The molecule has 8 N–H and O–H groups in total. The quantitative estimate of drug-likeness (QED) is 0.0520. The highest BCUT2D eigenvalue weighted by molar-refractivity contribution is 5.74. The van der Waals surface area contributed by atoms with Crippen molar-refractivity contribution < 1.29 is 37.9 Å². The summed E-state index contributed by atoms with van der Waals surface area (Å²) in [7, 11) is 0. The van der Waals surface area contributed by atoms with E-state index >= 15 is 0 Å². The van der Waals surface area contributed by atoms with Crippen LogP contribution in [-0.2, 0) is 16.2 Å². The van der Waals surface area contributed by atoms with Gasteiger partial charge in [-0.2, -0.15) is 10.5 Å². The Kier molecular flexibility index (Phi) is 14.8. The molecule has 0 saturated heterocycles. The fourth-order valence-corrected chi connectivity index (χ4v) is 12.1. The number of hydrogen-bond donors (Lipinski definition) is 4. The SMILES string of the molecule is [C-]#[N+]c1c(Oc2cccc(N)c2)cccc1Oc1cc2c(cc1Oc1cccc(Oc3cccc(N)c3)c1[N+]#[C-])C1(CC(C)(C)c3cc(Oc4cccc(Oc5cccc(N)c5)c4C#N)c(Oc4cccc(Oc5cccc(N)c5)c4C#N)cc31)CC2(C)C. The van der Waals surface area contributed by atoms with Gasteiger partial charge in [0.25, 0.3) is 11.4 Å². The van der Waals surface area contributed by atoms with Crippen LogP contribution in [0.15, 0.2) is 194 Å². The maximum absolute atomic E-state index is 10.9. The number of rotatable bonds is 16. The van der Waals surface area contributed by atoms with Crippen molar-refractivity contribution in [3.8, 4) is 104 Å². The van der Waals surface area contributed by atoms with E-state index in [1.807, 2.05) is 24.3 Å². The van der Waals surface area contributed by atoms with Crippen LogP contribution in [0.4, 0.5) is 34.1 Å². The molecule has 436 valence electrons. The normalized spacial score (nSPS) is 14.6. The monoisotopic (exact) mass is 1170 g/mol. The van der Waals surface area contributed by atoms with Crippen LogP contribution in [0.5, 0.6) is 92.0 Å². The van der Waals surface area contributed by atoms with Crippen LogP contribution < -0.4 is 60.8 Å². The zero-order valence-corrected chi connectivity index (χ0v) is 48.8. The first-order valence-electron chi connectivity index (χ1n) is 28.2. The molecule has 89 heavy (non-hydrogen) atoms. The standard InChI is InChI=1S/C73H56N8O8/c1-71(2)41-73(55-37-67(87-60-26-12-24-58(52(60)40-75)83-48-20-8-16-44(77)32-48)65(35-53(55)71)86-59-25-11-23-57(51(59)39-74)82-47-19-7-15-43(76)31-47)42-72(3,4)54-36-66(88-63-29-13-27-61(69(63)80-5)84-49-21-9-17-45(78)33-49)68(38-56(54)73)89-64-30-14-28-62(70(64)81-6)85-50-22-10-18-46(79)34-50/h7-38H,41-42,76-79H2,1-4H3. The van der Waals surface area contributed by atoms with Gasteiger partial charge in [0, 0.05) is 52.4 Å². The minimum absolute atomic E-state index is 0.0815. The van der Waals surface area contributed by atoms with E-state index in [9.17, 15) is 10.5 Å². The third kappa shape index (κ3) is 11.2. The molecule has 1 unspecified atom stereocenters. The summed E-state index contributed by atoms with van der Waals surface area (Å²) in [5.74, 6) is 4.25. The van der Waals surface area contributed by atoms with E-state index in [4.69, 9.17) is 74.0 Å². The molecular formula is C73H56N8O8. The van der Waals surface area contributed by atoms with Crippen LogP contribution in [0.2, 0.25) is 0 Å². The summed E-state index contributed by atoms with van der Waals surface area (Å²) in [6.07, 6.45) is 1.16. The van der Waals surface area contributed by atoms with E-state index in [0.29, 0.717) is 58.6 Å². The molecule has 0 aliphatic heterocycles. The Hall–Kier alpha value is -12.2. The highest BCUT2D eigenvalue weighted by atomic mass is 16.5. The molecule has 0 fully saturated rings. The molecule has 0 saturated carbocycles. The first-order valence-corrected chi connectivity index (χ1v) is 28.2. The Balaban J connectivity index is 1.03. The second kappa shape index (κ2) is 23.0. The molecule has 0 bridgehead atoms.